The summed E-state index contributed by atoms with van der Waals surface area (Å²) in [7, 11) is 0. The van der Waals surface area contributed by atoms with Gasteiger partial charge in [-0.2, -0.15) is 0 Å². The Morgan fingerprint density at radius 1 is 0.975 bits per heavy atom. The number of nitrogens with one attached hydrogen (secondary N) is 1. The number of aromatic nitrogens is 3. The van der Waals surface area contributed by atoms with Crippen LogP contribution in [0.4, 0.5) is 23.1 Å². The third-order valence-electron chi connectivity index (χ3n) is 6.51. The van der Waals surface area contributed by atoms with Crippen LogP contribution in [-0.2, 0) is 13.1 Å². The molecule has 2 aromatic heterocycles. The summed E-state index contributed by atoms with van der Waals surface area (Å²) < 4.78 is 4.02. The zero-order valence-electron chi connectivity index (χ0n) is 22.2. The Labute approximate surface area is 267 Å². The molecule has 1 amide bonds. The summed E-state index contributed by atoms with van der Waals surface area (Å²) >= 11 is 0. The van der Waals surface area contributed by atoms with Crippen LogP contribution >= 0.6 is 24.0 Å². The molecular weight excluding hydrogens is 728 g/mol. The second-order valence-corrected chi connectivity index (χ2v) is 8.88. The highest BCUT2D eigenvalue weighted by molar-refractivity contribution is 14.0. The van der Waals surface area contributed by atoms with E-state index in [1.54, 1.807) is 12.1 Å². The molecule has 0 spiro atoms. The molecule has 0 fully saturated rings. The monoisotopic (exact) mass is 759 g/mol. The standard InChI is InChI=1S/C30H29N7O.2HI/c1-3-36-18-17-26(24-7-5-6-8-27(24)36)33-22-15-11-21(12-16-22)29(38)34-23-13-9-20(10-14-23)25-19-37(4-2)30(32)35-28(25)31;;/h5-19H,3-4H2,1-2H3,(H4,31,32,34,35,38);2*1H. The lowest BCUT2D eigenvalue weighted by atomic mass is 10.1. The second kappa shape index (κ2) is 13.7. The predicted octanol–water partition coefficient (Wildman–Crippen LogP) is 2.30. The van der Waals surface area contributed by atoms with Gasteiger partial charge in [0.2, 0.25) is 5.82 Å². The maximum Gasteiger partial charge on any atom is 0.391 e. The first kappa shape index (κ1) is 31.0. The van der Waals surface area contributed by atoms with Gasteiger partial charge in [-0.25, -0.2) is 9.56 Å². The molecule has 5 aromatic rings. The molecule has 5 N–H and O–H groups in total. The lowest BCUT2D eigenvalue weighted by molar-refractivity contribution is -0.681. The van der Waals surface area contributed by atoms with Crippen molar-refractivity contribution in [3.63, 3.8) is 0 Å². The Hall–Kier alpha value is -3.52. The van der Waals surface area contributed by atoms with Gasteiger partial charge in [0.25, 0.3) is 5.91 Å². The molecule has 0 aliphatic rings. The van der Waals surface area contributed by atoms with Crippen molar-refractivity contribution in [2.45, 2.75) is 26.9 Å². The van der Waals surface area contributed by atoms with Gasteiger partial charge in [-0.3, -0.25) is 10.5 Å². The van der Waals surface area contributed by atoms with Crippen molar-refractivity contribution in [3.05, 3.63) is 102 Å². The smallest absolute Gasteiger partial charge is 0.391 e. The molecule has 10 heteroatoms. The highest BCUT2D eigenvalue weighted by Crippen LogP contribution is 2.25. The number of pyridine rings is 1. The number of hydrogen-bond donors (Lipinski definition) is 3. The van der Waals surface area contributed by atoms with Crippen LogP contribution < -0.4 is 50.7 Å². The van der Waals surface area contributed by atoms with E-state index in [0.717, 1.165) is 39.6 Å². The first-order valence-electron chi connectivity index (χ1n) is 12.6. The van der Waals surface area contributed by atoms with E-state index in [1.807, 2.05) is 78.5 Å². The normalized spacial score (nSPS) is 11.0. The maximum atomic E-state index is 12.9. The van der Waals surface area contributed by atoms with Crippen molar-refractivity contribution in [2.75, 3.05) is 16.8 Å². The summed E-state index contributed by atoms with van der Waals surface area (Å²) in [5.74, 6) is 0.539. The Morgan fingerprint density at radius 3 is 2.35 bits per heavy atom. The Morgan fingerprint density at radius 2 is 1.68 bits per heavy atom. The summed E-state index contributed by atoms with van der Waals surface area (Å²) in [5, 5.41) is 4.92. The van der Waals surface area contributed by atoms with Gasteiger partial charge in [0.1, 0.15) is 0 Å². The molecule has 0 radical (unpaired) electrons. The minimum absolute atomic E-state index is 0. The van der Waals surface area contributed by atoms with Crippen LogP contribution in [0.2, 0.25) is 0 Å². The van der Waals surface area contributed by atoms with Crippen molar-refractivity contribution < 1.29 is 33.3 Å². The number of anilines is 3. The summed E-state index contributed by atoms with van der Waals surface area (Å²) in [6.07, 6.45) is 3.94. The summed E-state index contributed by atoms with van der Waals surface area (Å²) in [4.78, 5) is 21.9. The molecule has 0 atom stereocenters. The summed E-state index contributed by atoms with van der Waals surface area (Å²) in [6, 6.07) is 25.0. The fraction of sp³-hybridized carbons (Fsp3) is 0.133. The first-order valence-corrected chi connectivity index (χ1v) is 12.6. The number of carbonyl (C=O) groups is 1. The number of nitrogens with two attached hydrogens (primary N) is 2. The minimum Gasteiger partial charge on any atom is -1.00 e. The number of aryl methyl sites for hydroxylation is 2. The number of nitrogen functional groups attached to an aromatic ring is 2. The van der Waals surface area contributed by atoms with E-state index in [1.165, 1.54) is 0 Å². The molecule has 0 aliphatic heterocycles. The van der Waals surface area contributed by atoms with Crippen molar-refractivity contribution in [3.8, 4) is 11.1 Å². The van der Waals surface area contributed by atoms with Crippen molar-refractivity contribution >= 4 is 63.9 Å². The molecule has 0 aliphatic carbocycles. The number of amides is 1. The lowest BCUT2D eigenvalue weighted by Crippen LogP contribution is -3.00. The number of fused-ring (bicyclic) bond motifs is 1. The minimum atomic E-state index is -0.198. The number of hydrogen-bond acceptors (Lipinski definition) is 5. The van der Waals surface area contributed by atoms with Gasteiger partial charge in [0, 0.05) is 29.4 Å². The SMILES string of the molecule is CCn1ccc(=Nc2ccc(C(=O)Nc3ccc(-c4c[n+](CC)c(N)nc4N)cc3)cc2)c2ccccc21.I.[I-]. The zero-order valence-corrected chi connectivity index (χ0v) is 26.7. The summed E-state index contributed by atoms with van der Waals surface area (Å²) in [5.41, 5.74) is 16.8. The molecular formula is C30H31I2N7O. The average molecular weight is 759 g/mol. The molecule has 0 bridgehead atoms. The van der Waals surface area contributed by atoms with Crippen molar-refractivity contribution in [1.82, 2.24) is 9.55 Å². The molecule has 206 valence electrons. The molecule has 0 saturated heterocycles. The molecule has 3 aromatic carbocycles. The number of rotatable bonds is 6. The van der Waals surface area contributed by atoms with E-state index in [-0.39, 0.29) is 53.9 Å². The van der Waals surface area contributed by atoms with Gasteiger partial charge in [-0.05, 0) is 67.9 Å². The first-order chi connectivity index (χ1) is 18.5. The third-order valence-corrected chi connectivity index (χ3v) is 6.51. The quantitative estimate of drug-likeness (QED) is 0.182. The van der Waals surface area contributed by atoms with Crippen LogP contribution in [0, 0.1) is 0 Å². The largest absolute Gasteiger partial charge is 1.00 e. The van der Waals surface area contributed by atoms with Gasteiger partial charge in [-0.15, -0.1) is 24.0 Å². The number of para-hydroxylation sites is 1. The van der Waals surface area contributed by atoms with E-state index in [0.29, 0.717) is 29.6 Å². The van der Waals surface area contributed by atoms with Crippen LogP contribution in [0.15, 0.2) is 96.2 Å². The topological polar surface area (TPSA) is 115 Å². The molecule has 8 nitrogen and oxygen atoms in total. The average Bonchev–Trinajstić information content (AvgIpc) is 2.94. The van der Waals surface area contributed by atoms with E-state index in [4.69, 9.17) is 16.5 Å². The fourth-order valence-corrected chi connectivity index (χ4v) is 4.42. The molecule has 40 heavy (non-hydrogen) atoms. The number of carbonyl (C=O) groups excluding carboxylic acids is 1. The highest BCUT2D eigenvalue weighted by Gasteiger charge is 2.14. The van der Waals surface area contributed by atoms with Gasteiger partial charge in [-0.1, -0.05) is 35.3 Å². The fourth-order valence-electron chi connectivity index (χ4n) is 4.42. The van der Waals surface area contributed by atoms with Crippen molar-refractivity contribution in [2.24, 2.45) is 4.99 Å². The number of nitrogens with zero attached hydrogens (tertiary/aromatic N) is 4. The van der Waals surface area contributed by atoms with E-state index < -0.39 is 0 Å². The van der Waals surface area contributed by atoms with Crippen LogP contribution in [0.25, 0.3) is 22.0 Å². The van der Waals surface area contributed by atoms with E-state index >= 15 is 0 Å². The Bertz CT molecular complexity index is 1700. The number of benzene rings is 3. The highest BCUT2D eigenvalue weighted by atomic mass is 127. The van der Waals surface area contributed by atoms with Gasteiger partial charge in [0.05, 0.1) is 34.9 Å². The van der Waals surface area contributed by atoms with Crippen LogP contribution in [0.3, 0.4) is 0 Å². The third kappa shape index (κ3) is 6.61. The van der Waals surface area contributed by atoms with Crippen molar-refractivity contribution in [1.29, 1.82) is 0 Å². The maximum absolute atomic E-state index is 12.9. The van der Waals surface area contributed by atoms with E-state index in [9.17, 15) is 4.79 Å². The second-order valence-electron chi connectivity index (χ2n) is 8.88. The van der Waals surface area contributed by atoms with Crippen LogP contribution in [-0.4, -0.2) is 15.5 Å². The predicted molar refractivity (Wildman–Crippen MR) is 167 cm³/mol. The lowest BCUT2D eigenvalue weighted by Gasteiger charge is -2.09. The Kier molecular flexibility index (Phi) is 10.6. The molecule has 5 rings (SSSR count). The molecule has 2 heterocycles. The van der Waals surface area contributed by atoms with Gasteiger partial charge in [0.15, 0.2) is 0 Å². The molecule has 0 saturated carbocycles. The Balaban J connectivity index is 0.00000220. The molecule has 0 unspecified atom stereocenters. The van der Waals surface area contributed by atoms with Crippen LogP contribution in [0.1, 0.15) is 24.2 Å². The van der Waals surface area contributed by atoms with E-state index in [2.05, 4.69) is 33.9 Å². The van der Waals surface area contributed by atoms with Gasteiger partial charge >= 0.3 is 5.95 Å². The summed E-state index contributed by atoms with van der Waals surface area (Å²) in [6.45, 7) is 5.68. The zero-order chi connectivity index (χ0) is 26.6. The number of halogens is 2. The van der Waals surface area contributed by atoms with Crippen LogP contribution in [0.5, 0.6) is 0 Å². The van der Waals surface area contributed by atoms with Gasteiger partial charge < -0.3 is 39.6 Å².